The SMILES string of the molecule is O=C(O)[C@H]1CCCN(C(=O)NCC2CCCCO2)C1. The second-order valence-electron chi connectivity index (χ2n) is 5.30. The Hall–Kier alpha value is -1.30. The Bertz CT molecular complexity index is 329. The smallest absolute Gasteiger partial charge is 0.317 e. The van der Waals surface area contributed by atoms with Gasteiger partial charge in [-0.25, -0.2) is 4.79 Å². The van der Waals surface area contributed by atoms with E-state index < -0.39 is 11.9 Å². The highest BCUT2D eigenvalue weighted by molar-refractivity contribution is 5.76. The number of amides is 2. The van der Waals surface area contributed by atoms with Crippen LogP contribution in [0.4, 0.5) is 4.79 Å². The molecule has 2 saturated heterocycles. The van der Waals surface area contributed by atoms with Crippen LogP contribution < -0.4 is 5.32 Å². The van der Waals surface area contributed by atoms with Crippen molar-refractivity contribution in [3.63, 3.8) is 0 Å². The molecule has 19 heavy (non-hydrogen) atoms. The summed E-state index contributed by atoms with van der Waals surface area (Å²) in [4.78, 5) is 24.5. The van der Waals surface area contributed by atoms with Gasteiger partial charge in [-0.2, -0.15) is 0 Å². The minimum absolute atomic E-state index is 0.109. The Morgan fingerprint density at radius 1 is 1.26 bits per heavy atom. The molecule has 2 amide bonds. The molecule has 2 rings (SSSR count). The highest BCUT2D eigenvalue weighted by Gasteiger charge is 2.28. The molecule has 0 aliphatic carbocycles. The summed E-state index contributed by atoms with van der Waals surface area (Å²) in [5.74, 6) is -1.24. The van der Waals surface area contributed by atoms with Gasteiger partial charge in [0.1, 0.15) is 0 Å². The van der Waals surface area contributed by atoms with E-state index in [0.717, 1.165) is 32.3 Å². The maximum absolute atomic E-state index is 12.0. The molecule has 2 aliphatic heterocycles. The first-order valence-electron chi connectivity index (χ1n) is 7.04. The fourth-order valence-electron chi connectivity index (χ4n) is 2.64. The van der Waals surface area contributed by atoms with Crippen LogP contribution in [0.3, 0.4) is 0 Å². The first kappa shape index (κ1) is 14.1. The molecule has 2 N–H and O–H groups in total. The van der Waals surface area contributed by atoms with Gasteiger partial charge in [-0.15, -0.1) is 0 Å². The van der Waals surface area contributed by atoms with Crippen molar-refractivity contribution in [3.05, 3.63) is 0 Å². The highest BCUT2D eigenvalue weighted by Crippen LogP contribution is 2.17. The third-order valence-electron chi connectivity index (χ3n) is 3.81. The monoisotopic (exact) mass is 270 g/mol. The van der Waals surface area contributed by atoms with Gasteiger partial charge < -0.3 is 20.1 Å². The number of hydrogen-bond donors (Lipinski definition) is 2. The molecule has 0 saturated carbocycles. The maximum atomic E-state index is 12.0. The van der Waals surface area contributed by atoms with Gasteiger partial charge >= 0.3 is 12.0 Å². The van der Waals surface area contributed by atoms with E-state index in [1.54, 1.807) is 4.90 Å². The van der Waals surface area contributed by atoms with Crippen molar-refractivity contribution < 1.29 is 19.4 Å². The zero-order valence-corrected chi connectivity index (χ0v) is 11.1. The Morgan fingerprint density at radius 3 is 2.79 bits per heavy atom. The van der Waals surface area contributed by atoms with Crippen LogP contribution in [0.5, 0.6) is 0 Å². The van der Waals surface area contributed by atoms with Gasteiger partial charge in [0.15, 0.2) is 0 Å². The van der Waals surface area contributed by atoms with Crippen LogP contribution in [0.15, 0.2) is 0 Å². The number of hydrogen-bond acceptors (Lipinski definition) is 3. The van der Waals surface area contributed by atoms with Crippen molar-refractivity contribution in [2.75, 3.05) is 26.2 Å². The number of nitrogens with zero attached hydrogens (tertiary/aromatic N) is 1. The molecule has 0 radical (unpaired) electrons. The molecule has 0 aromatic rings. The summed E-state index contributed by atoms with van der Waals surface area (Å²) >= 11 is 0. The van der Waals surface area contributed by atoms with Crippen LogP contribution in [0.1, 0.15) is 32.1 Å². The van der Waals surface area contributed by atoms with Gasteiger partial charge in [-0.05, 0) is 32.1 Å². The Kier molecular flexibility index (Phi) is 5.01. The Balaban J connectivity index is 1.74. The fourth-order valence-corrected chi connectivity index (χ4v) is 2.64. The van der Waals surface area contributed by atoms with Crippen molar-refractivity contribution in [2.45, 2.75) is 38.2 Å². The highest BCUT2D eigenvalue weighted by atomic mass is 16.5. The third-order valence-corrected chi connectivity index (χ3v) is 3.81. The van der Waals surface area contributed by atoms with Gasteiger partial charge in [0.25, 0.3) is 0 Å². The predicted molar refractivity (Wildman–Crippen MR) is 68.9 cm³/mol. The second kappa shape index (κ2) is 6.75. The van der Waals surface area contributed by atoms with Gasteiger partial charge in [-0.3, -0.25) is 4.79 Å². The summed E-state index contributed by atoms with van der Waals surface area (Å²) in [6.45, 7) is 2.24. The van der Waals surface area contributed by atoms with Crippen LogP contribution in [-0.2, 0) is 9.53 Å². The molecule has 108 valence electrons. The number of carboxylic acid groups (broad SMARTS) is 1. The summed E-state index contributed by atoms with van der Waals surface area (Å²) in [7, 11) is 0. The molecule has 6 heteroatoms. The van der Waals surface area contributed by atoms with E-state index in [1.807, 2.05) is 0 Å². The molecule has 1 unspecified atom stereocenters. The number of ether oxygens (including phenoxy) is 1. The Labute approximate surface area is 113 Å². The topological polar surface area (TPSA) is 78.9 Å². The number of aliphatic carboxylic acids is 1. The van der Waals surface area contributed by atoms with Crippen molar-refractivity contribution in [3.8, 4) is 0 Å². The molecule has 0 spiro atoms. The van der Waals surface area contributed by atoms with Gasteiger partial charge in [0, 0.05) is 26.2 Å². The number of urea groups is 1. The van der Waals surface area contributed by atoms with Crippen molar-refractivity contribution in [1.82, 2.24) is 10.2 Å². The lowest BCUT2D eigenvalue weighted by molar-refractivity contribution is -0.143. The summed E-state index contributed by atoms with van der Waals surface area (Å²) in [5.41, 5.74) is 0. The molecule has 0 aromatic carbocycles. The molecule has 6 nitrogen and oxygen atoms in total. The number of rotatable bonds is 3. The van der Waals surface area contributed by atoms with E-state index in [1.165, 1.54) is 0 Å². The van der Waals surface area contributed by atoms with Gasteiger partial charge in [0.2, 0.25) is 0 Å². The average Bonchev–Trinajstić information content (AvgIpc) is 2.46. The molecule has 2 aliphatic rings. The molecule has 2 heterocycles. The third kappa shape index (κ3) is 4.09. The largest absolute Gasteiger partial charge is 0.481 e. The molecule has 0 aromatic heterocycles. The second-order valence-corrected chi connectivity index (χ2v) is 5.30. The Morgan fingerprint density at radius 2 is 2.11 bits per heavy atom. The zero-order chi connectivity index (χ0) is 13.7. The first-order chi connectivity index (χ1) is 9.16. The molecule has 2 fully saturated rings. The van der Waals surface area contributed by atoms with Crippen LogP contribution in [0.2, 0.25) is 0 Å². The zero-order valence-electron chi connectivity index (χ0n) is 11.1. The van der Waals surface area contributed by atoms with Crippen LogP contribution in [0.25, 0.3) is 0 Å². The minimum Gasteiger partial charge on any atom is -0.481 e. The van der Waals surface area contributed by atoms with E-state index in [9.17, 15) is 9.59 Å². The van der Waals surface area contributed by atoms with Crippen molar-refractivity contribution in [2.24, 2.45) is 5.92 Å². The summed E-state index contributed by atoms with van der Waals surface area (Å²) < 4.78 is 5.55. The quantitative estimate of drug-likeness (QED) is 0.803. The molecular weight excluding hydrogens is 248 g/mol. The summed E-state index contributed by atoms with van der Waals surface area (Å²) in [6.07, 6.45) is 4.74. The van der Waals surface area contributed by atoms with Crippen molar-refractivity contribution >= 4 is 12.0 Å². The minimum atomic E-state index is -0.812. The van der Waals surface area contributed by atoms with Crippen molar-refractivity contribution in [1.29, 1.82) is 0 Å². The molecular formula is C13H22N2O4. The lowest BCUT2D eigenvalue weighted by Gasteiger charge is -2.31. The number of carbonyl (C=O) groups excluding carboxylic acids is 1. The van der Waals surface area contributed by atoms with E-state index in [2.05, 4.69) is 5.32 Å². The van der Waals surface area contributed by atoms with E-state index >= 15 is 0 Å². The normalized spacial score (nSPS) is 27.9. The molecule has 2 atom stereocenters. The number of likely N-dealkylation sites (tertiary alicyclic amines) is 1. The average molecular weight is 270 g/mol. The number of piperidine rings is 1. The van der Waals surface area contributed by atoms with E-state index in [4.69, 9.17) is 9.84 Å². The van der Waals surface area contributed by atoms with Gasteiger partial charge in [-0.1, -0.05) is 0 Å². The molecule has 0 bridgehead atoms. The van der Waals surface area contributed by atoms with Gasteiger partial charge in [0.05, 0.1) is 12.0 Å². The maximum Gasteiger partial charge on any atom is 0.317 e. The van der Waals surface area contributed by atoms with E-state index in [-0.39, 0.29) is 12.1 Å². The van der Waals surface area contributed by atoms with Crippen LogP contribution in [0, 0.1) is 5.92 Å². The van der Waals surface area contributed by atoms with E-state index in [0.29, 0.717) is 26.1 Å². The number of carboxylic acids is 1. The number of nitrogens with one attached hydrogen (secondary N) is 1. The lowest BCUT2D eigenvalue weighted by atomic mass is 9.99. The predicted octanol–water partition coefficient (Wildman–Crippen LogP) is 1.06. The summed E-state index contributed by atoms with van der Waals surface area (Å²) in [6, 6.07) is -0.167. The van der Waals surface area contributed by atoms with Crippen LogP contribution in [-0.4, -0.2) is 54.4 Å². The standard InChI is InChI=1S/C13H22N2O4/c16-12(17)10-4-3-6-15(9-10)13(18)14-8-11-5-1-2-7-19-11/h10-11H,1-9H2,(H,14,18)(H,16,17)/t10-,11?/m0/s1. The van der Waals surface area contributed by atoms with Crippen LogP contribution >= 0.6 is 0 Å². The first-order valence-corrected chi connectivity index (χ1v) is 7.04. The summed E-state index contributed by atoms with van der Waals surface area (Å²) in [5, 5.41) is 11.8. The fraction of sp³-hybridized carbons (Fsp3) is 0.846. The lowest BCUT2D eigenvalue weighted by Crippen LogP contribution is -2.48. The number of carbonyl (C=O) groups is 2.